The van der Waals surface area contributed by atoms with Gasteiger partial charge in [0.05, 0.1) is 0 Å². The molecule has 1 aliphatic rings. The summed E-state index contributed by atoms with van der Waals surface area (Å²) >= 11 is 0. The summed E-state index contributed by atoms with van der Waals surface area (Å²) in [4.78, 5) is 0. The third-order valence-corrected chi connectivity index (χ3v) is 5.49. The fraction of sp³-hybridized carbons (Fsp3) is 1.00. The fourth-order valence-electron chi connectivity index (χ4n) is 2.98. The van der Waals surface area contributed by atoms with E-state index >= 15 is 0 Å². The molecule has 0 aromatic carbocycles. The summed E-state index contributed by atoms with van der Waals surface area (Å²) in [6, 6.07) is 0. The lowest BCUT2D eigenvalue weighted by atomic mass is 9.85. The normalized spacial score (nSPS) is 23.1. The van der Waals surface area contributed by atoms with E-state index < -0.39 is 0 Å². The van der Waals surface area contributed by atoms with Crippen molar-refractivity contribution < 1.29 is 0 Å². The summed E-state index contributed by atoms with van der Waals surface area (Å²) in [5, 5.41) is 0. The second-order valence-electron chi connectivity index (χ2n) is 7.08. The van der Waals surface area contributed by atoms with Crippen molar-refractivity contribution >= 4 is 0 Å². The van der Waals surface area contributed by atoms with Gasteiger partial charge in [-0.25, -0.2) is 0 Å². The topological polar surface area (TPSA) is 0 Å². The maximum absolute atomic E-state index is 2.48. The summed E-state index contributed by atoms with van der Waals surface area (Å²) in [7, 11) is 0. The predicted octanol–water partition coefficient (Wildman–Crippen LogP) is 6.06. The average Bonchev–Trinajstić information content (AvgIpc) is 3.03. The Morgan fingerprint density at radius 3 is 1.94 bits per heavy atom. The maximum Gasteiger partial charge on any atom is -0.0300 e. The van der Waals surface area contributed by atoms with Gasteiger partial charge in [0.15, 0.2) is 0 Å². The molecule has 0 heteroatoms. The largest absolute Gasteiger partial charge is 0.0654 e. The molecule has 0 bridgehead atoms. The second kappa shape index (κ2) is 6.81. The lowest BCUT2D eigenvalue weighted by molar-refractivity contribution is 0.303. The zero-order valence-corrected chi connectivity index (χ0v) is 12.9. The second-order valence-corrected chi connectivity index (χ2v) is 7.08. The van der Waals surface area contributed by atoms with Crippen molar-refractivity contribution in [3.63, 3.8) is 0 Å². The van der Waals surface area contributed by atoms with Gasteiger partial charge in [0.1, 0.15) is 0 Å². The smallest absolute Gasteiger partial charge is 0.0300 e. The van der Waals surface area contributed by atoms with Crippen molar-refractivity contribution in [2.45, 2.75) is 86.0 Å². The molecule has 3 unspecified atom stereocenters. The van der Waals surface area contributed by atoms with Gasteiger partial charge in [0, 0.05) is 0 Å². The van der Waals surface area contributed by atoms with Gasteiger partial charge in [-0.05, 0) is 36.0 Å². The van der Waals surface area contributed by atoms with Gasteiger partial charge in [-0.1, -0.05) is 73.1 Å². The number of hydrogen-bond donors (Lipinski definition) is 0. The highest BCUT2D eigenvalue weighted by Crippen LogP contribution is 2.52. The summed E-state index contributed by atoms with van der Waals surface area (Å²) in [5.41, 5.74) is 0.737. The fourth-order valence-corrected chi connectivity index (χ4v) is 2.98. The van der Waals surface area contributed by atoms with Crippen LogP contribution in [0.5, 0.6) is 0 Å². The molecular weight excluding hydrogens is 204 g/mol. The van der Waals surface area contributed by atoms with Crippen LogP contribution in [0.15, 0.2) is 0 Å². The van der Waals surface area contributed by atoms with Crippen molar-refractivity contribution in [2.75, 3.05) is 0 Å². The molecule has 3 atom stereocenters. The summed E-state index contributed by atoms with van der Waals surface area (Å²) < 4.78 is 0. The monoisotopic (exact) mass is 238 g/mol. The summed E-state index contributed by atoms with van der Waals surface area (Å²) in [5.74, 6) is 2.83. The van der Waals surface area contributed by atoms with Crippen LogP contribution in [0.2, 0.25) is 0 Å². The Morgan fingerprint density at radius 1 is 0.882 bits per heavy atom. The first-order chi connectivity index (χ1) is 7.99. The van der Waals surface area contributed by atoms with Crippen molar-refractivity contribution in [3.05, 3.63) is 0 Å². The Morgan fingerprint density at radius 2 is 1.41 bits per heavy atom. The van der Waals surface area contributed by atoms with Crippen LogP contribution in [-0.4, -0.2) is 0 Å². The Labute approximate surface area is 110 Å². The molecular formula is C17H34. The molecule has 0 saturated heterocycles. The molecule has 0 aromatic rings. The van der Waals surface area contributed by atoms with Gasteiger partial charge >= 0.3 is 0 Å². The van der Waals surface area contributed by atoms with E-state index in [1.807, 2.05) is 0 Å². The predicted molar refractivity (Wildman–Crippen MR) is 78.2 cm³/mol. The molecule has 1 saturated carbocycles. The zero-order chi connectivity index (χ0) is 12.9. The average molecular weight is 238 g/mol. The quantitative estimate of drug-likeness (QED) is 0.429. The van der Waals surface area contributed by atoms with Crippen LogP contribution in [-0.2, 0) is 0 Å². The first kappa shape index (κ1) is 15.1. The molecule has 1 fully saturated rings. The van der Waals surface area contributed by atoms with Gasteiger partial charge in [-0.2, -0.15) is 0 Å². The van der Waals surface area contributed by atoms with Gasteiger partial charge in [0.2, 0.25) is 0 Å². The molecule has 1 aliphatic carbocycles. The first-order valence-corrected chi connectivity index (χ1v) is 7.99. The van der Waals surface area contributed by atoms with E-state index in [9.17, 15) is 0 Å². The third-order valence-electron chi connectivity index (χ3n) is 5.49. The molecule has 0 N–H and O–H groups in total. The lowest BCUT2D eigenvalue weighted by Gasteiger charge is -2.21. The van der Waals surface area contributed by atoms with E-state index in [4.69, 9.17) is 0 Å². The number of unbranched alkanes of at least 4 members (excludes halogenated alkanes) is 1. The van der Waals surface area contributed by atoms with Crippen LogP contribution in [0.4, 0.5) is 0 Å². The summed E-state index contributed by atoms with van der Waals surface area (Å²) in [6.45, 7) is 12.1. The van der Waals surface area contributed by atoms with Gasteiger partial charge in [0.25, 0.3) is 0 Å². The Bertz CT molecular complexity index is 202. The molecule has 102 valence electrons. The lowest BCUT2D eigenvalue weighted by Crippen LogP contribution is -2.10. The van der Waals surface area contributed by atoms with E-state index in [0.717, 1.165) is 23.2 Å². The standard InChI is InChI=1S/C17H34/c1-6-9-14(2)15(3)10-7-8-11-16(4)17(5)12-13-17/h14-16H,6-13H2,1-5H3. The van der Waals surface area contributed by atoms with Crippen molar-refractivity contribution in [2.24, 2.45) is 23.2 Å². The summed E-state index contributed by atoms with van der Waals surface area (Å²) in [6.07, 6.45) is 11.6. The molecule has 0 nitrogen and oxygen atoms in total. The van der Waals surface area contributed by atoms with Crippen LogP contribution in [0.3, 0.4) is 0 Å². The molecule has 1 rings (SSSR count). The molecule has 0 heterocycles. The van der Waals surface area contributed by atoms with Crippen molar-refractivity contribution in [1.82, 2.24) is 0 Å². The van der Waals surface area contributed by atoms with Crippen LogP contribution in [0.1, 0.15) is 86.0 Å². The minimum atomic E-state index is 0.737. The van der Waals surface area contributed by atoms with Crippen molar-refractivity contribution in [3.8, 4) is 0 Å². The maximum atomic E-state index is 2.48. The molecule has 0 radical (unpaired) electrons. The van der Waals surface area contributed by atoms with Gasteiger partial charge < -0.3 is 0 Å². The van der Waals surface area contributed by atoms with E-state index in [-0.39, 0.29) is 0 Å². The highest BCUT2D eigenvalue weighted by Gasteiger charge is 2.41. The SMILES string of the molecule is CCCC(C)C(C)CCCCC(C)C1(C)CC1. The van der Waals surface area contributed by atoms with E-state index in [1.54, 1.807) is 0 Å². The highest BCUT2D eigenvalue weighted by atomic mass is 14.5. The number of rotatable bonds is 9. The van der Waals surface area contributed by atoms with E-state index in [0.29, 0.717) is 0 Å². The molecule has 17 heavy (non-hydrogen) atoms. The molecule has 0 aromatic heterocycles. The minimum absolute atomic E-state index is 0.737. The van der Waals surface area contributed by atoms with Crippen LogP contribution in [0.25, 0.3) is 0 Å². The van der Waals surface area contributed by atoms with Crippen LogP contribution in [0, 0.1) is 23.2 Å². The third kappa shape index (κ3) is 5.02. The zero-order valence-electron chi connectivity index (χ0n) is 12.9. The van der Waals surface area contributed by atoms with Crippen LogP contribution < -0.4 is 0 Å². The van der Waals surface area contributed by atoms with E-state index in [1.165, 1.54) is 51.4 Å². The molecule has 0 amide bonds. The van der Waals surface area contributed by atoms with Crippen LogP contribution >= 0.6 is 0 Å². The first-order valence-electron chi connectivity index (χ1n) is 7.99. The van der Waals surface area contributed by atoms with Crippen molar-refractivity contribution in [1.29, 1.82) is 0 Å². The molecule has 0 aliphatic heterocycles. The highest BCUT2D eigenvalue weighted by molar-refractivity contribution is 4.92. The minimum Gasteiger partial charge on any atom is -0.0654 e. The number of hydrogen-bond acceptors (Lipinski definition) is 0. The molecule has 0 spiro atoms. The Kier molecular flexibility index (Phi) is 6.03. The Hall–Kier alpha value is 0. The van der Waals surface area contributed by atoms with E-state index in [2.05, 4.69) is 34.6 Å². The Balaban J connectivity index is 2.03. The van der Waals surface area contributed by atoms with Gasteiger partial charge in [-0.15, -0.1) is 0 Å². The van der Waals surface area contributed by atoms with Gasteiger partial charge in [-0.3, -0.25) is 0 Å².